The molecule has 0 aromatic heterocycles. The first-order chi connectivity index (χ1) is 9.17. The van der Waals surface area contributed by atoms with Crippen molar-refractivity contribution in [3.8, 4) is 0 Å². The van der Waals surface area contributed by atoms with Gasteiger partial charge in [-0.25, -0.2) is 0 Å². The molecule has 1 unspecified atom stereocenters. The maximum atomic E-state index is 10.8. The van der Waals surface area contributed by atoms with Gasteiger partial charge in [-0.1, -0.05) is 0 Å². The zero-order chi connectivity index (χ0) is 15.5. The predicted octanol–water partition coefficient (Wildman–Crippen LogP) is -3.53. The first-order valence-corrected chi connectivity index (χ1v) is 5.76. The van der Waals surface area contributed by atoms with E-state index in [1.165, 1.54) is 0 Å². The molecule has 0 bridgehead atoms. The minimum atomic E-state index is -2.33. The number of aliphatic hydroxyl groups excluding tert-OH is 3. The van der Waals surface area contributed by atoms with Gasteiger partial charge in [0, 0.05) is 0 Å². The zero-order valence-corrected chi connectivity index (χ0v) is 11.0. The van der Waals surface area contributed by atoms with Crippen molar-refractivity contribution in [2.45, 2.75) is 36.6 Å². The molecule has 124 valence electrons. The molecule has 10 N–H and O–H groups in total. The van der Waals surface area contributed by atoms with E-state index in [1.54, 1.807) is 0 Å². The Morgan fingerprint density at radius 2 is 1.86 bits per heavy atom. The third kappa shape index (κ3) is 4.86. The van der Waals surface area contributed by atoms with E-state index in [0.717, 1.165) is 0 Å². The monoisotopic (exact) mass is 312 g/mol. The number of nitrogens with one attached hydrogen (secondary N) is 1. The van der Waals surface area contributed by atoms with Gasteiger partial charge in [0.1, 0.15) is 24.4 Å². The van der Waals surface area contributed by atoms with Crippen LogP contribution in [0.5, 0.6) is 0 Å². The lowest BCUT2D eigenvalue weighted by Crippen LogP contribution is -2.65. The fraction of sp³-hybridized carbons (Fsp3) is 0.800. The van der Waals surface area contributed by atoms with Crippen molar-refractivity contribution in [1.29, 1.82) is 0 Å². The molecular weight excluding hydrogens is 292 g/mol. The van der Waals surface area contributed by atoms with Gasteiger partial charge in [0.15, 0.2) is 0 Å². The number of rotatable bonds is 6. The van der Waals surface area contributed by atoms with Crippen molar-refractivity contribution in [1.82, 2.24) is 11.5 Å². The molecule has 0 amide bonds. The van der Waals surface area contributed by atoms with Crippen molar-refractivity contribution in [2.24, 2.45) is 0 Å². The number of hydrogen-bond donors (Lipinski definition) is 8. The predicted molar refractivity (Wildman–Crippen MR) is 65.6 cm³/mol. The van der Waals surface area contributed by atoms with Crippen LogP contribution in [-0.4, -0.2) is 85.9 Å². The molecule has 21 heavy (non-hydrogen) atoms. The smallest absolute Gasteiger partial charge is 0.321 e. The van der Waals surface area contributed by atoms with Crippen molar-refractivity contribution < 1.29 is 45.0 Å². The summed E-state index contributed by atoms with van der Waals surface area (Å²) in [6.07, 6.45) is -5.68. The summed E-state index contributed by atoms with van der Waals surface area (Å²) in [4.78, 5) is 21.3. The highest BCUT2D eigenvalue weighted by atomic mass is 16.6. The van der Waals surface area contributed by atoms with E-state index < -0.39 is 61.7 Å². The fourth-order valence-electron chi connectivity index (χ4n) is 1.74. The molecule has 1 rings (SSSR count). The Kier molecular flexibility index (Phi) is 7.12. The van der Waals surface area contributed by atoms with E-state index in [2.05, 4.69) is 5.32 Å². The number of ether oxygens (including phenoxy) is 1. The lowest BCUT2D eigenvalue weighted by molar-refractivity contribution is -0.318. The highest BCUT2D eigenvalue weighted by Crippen LogP contribution is 2.23. The Bertz CT molecular complexity index is 380. The number of carboxylic acid groups (broad SMARTS) is 2. The first-order valence-electron chi connectivity index (χ1n) is 5.76. The molecule has 1 aliphatic heterocycles. The van der Waals surface area contributed by atoms with Crippen molar-refractivity contribution in [2.75, 3.05) is 13.2 Å². The SMILES string of the molecule is N.O=C(O)C[C@H](NCC1(O)OC[C@@H](O)[C@@H](O)[C@@H]1O)C(=O)O. The zero-order valence-electron chi connectivity index (χ0n) is 11.0. The van der Waals surface area contributed by atoms with Crippen LogP contribution in [0.2, 0.25) is 0 Å². The standard InChI is InChI=1S/C10H17NO9.H3N/c12-5-2-20-10(19,8(16)7(5)15)3-11-4(9(17)18)1-6(13)14;/h4-5,7-8,11-12,15-16,19H,1-3H2,(H,13,14)(H,17,18);1H3/t4-,5+,7+,8-,10?;/m0./s1. The second-order valence-corrected chi connectivity index (χ2v) is 4.53. The molecule has 1 aliphatic rings. The summed E-state index contributed by atoms with van der Waals surface area (Å²) in [5.74, 6) is -5.15. The van der Waals surface area contributed by atoms with E-state index in [-0.39, 0.29) is 6.15 Å². The summed E-state index contributed by atoms with van der Waals surface area (Å²) < 4.78 is 4.79. The molecule has 1 heterocycles. The Morgan fingerprint density at radius 3 is 2.33 bits per heavy atom. The average molecular weight is 312 g/mol. The van der Waals surface area contributed by atoms with Gasteiger partial charge in [0.2, 0.25) is 5.79 Å². The van der Waals surface area contributed by atoms with E-state index in [9.17, 15) is 30.0 Å². The number of hydrogen-bond acceptors (Lipinski definition) is 9. The molecule has 0 aromatic carbocycles. The molecule has 11 heteroatoms. The second kappa shape index (κ2) is 7.61. The minimum absolute atomic E-state index is 0. The van der Waals surface area contributed by atoms with Crippen LogP contribution in [-0.2, 0) is 14.3 Å². The normalized spacial score (nSPS) is 33.8. The topological polar surface area (TPSA) is 212 Å². The van der Waals surface area contributed by atoms with Crippen LogP contribution in [0.4, 0.5) is 0 Å². The molecule has 11 nitrogen and oxygen atoms in total. The van der Waals surface area contributed by atoms with Crippen LogP contribution in [0.1, 0.15) is 6.42 Å². The minimum Gasteiger partial charge on any atom is -0.481 e. The van der Waals surface area contributed by atoms with Gasteiger partial charge in [-0.15, -0.1) is 0 Å². The number of aliphatic hydroxyl groups is 4. The lowest BCUT2D eigenvalue weighted by atomic mass is 9.96. The fourth-order valence-corrected chi connectivity index (χ4v) is 1.74. The molecule has 0 aromatic rings. The van der Waals surface area contributed by atoms with Crippen molar-refractivity contribution in [3.05, 3.63) is 0 Å². The van der Waals surface area contributed by atoms with Crippen LogP contribution in [0, 0.1) is 0 Å². The van der Waals surface area contributed by atoms with Crippen LogP contribution < -0.4 is 11.5 Å². The largest absolute Gasteiger partial charge is 0.481 e. The third-order valence-corrected chi connectivity index (χ3v) is 2.96. The van der Waals surface area contributed by atoms with E-state index in [1.807, 2.05) is 0 Å². The summed E-state index contributed by atoms with van der Waals surface area (Å²) in [6.45, 7) is -1.10. The van der Waals surface area contributed by atoms with Crippen LogP contribution in [0.25, 0.3) is 0 Å². The van der Waals surface area contributed by atoms with Gasteiger partial charge in [-0.05, 0) is 0 Å². The van der Waals surface area contributed by atoms with E-state index in [4.69, 9.17) is 14.9 Å². The third-order valence-electron chi connectivity index (χ3n) is 2.96. The summed E-state index contributed by atoms with van der Waals surface area (Å²) in [6, 6.07) is -1.50. The maximum Gasteiger partial charge on any atom is 0.321 e. The average Bonchev–Trinajstić information content (AvgIpc) is 2.36. The molecule has 0 radical (unpaired) electrons. The van der Waals surface area contributed by atoms with Gasteiger partial charge in [-0.2, -0.15) is 0 Å². The van der Waals surface area contributed by atoms with Gasteiger partial charge in [-0.3, -0.25) is 14.9 Å². The van der Waals surface area contributed by atoms with Crippen LogP contribution >= 0.6 is 0 Å². The Hall–Kier alpha value is -1.34. The van der Waals surface area contributed by atoms with Gasteiger partial charge in [0.05, 0.1) is 19.6 Å². The first kappa shape index (κ1) is 19.7. The molecule has 0 aliphatic carbocycles. The highest BCUT2D eigenvalue weighted by Gasteiger charge is 2.48. The maximum absolute atomic E-state index is 10.8. The number of aliphatic carboxylic acids is 2. The lowest BCUT2D eigenvalue weighted by Gasteiger charge is -2.42. The van der Waals surface area contributed by atoms with Gasteiger partial charge in [0.25, 0.3) is 0 Å². The Morgan fingerprint density at radius 1 is 1.29 bits per heavy atom. The summed E-state index contributed by atoms with van der Waals surface area (Å²) in [5.41, 5.74) is 0. The highest BCUT2D eigenvalue weighted by molar-refractivity contribution is 5.80. The van der Waals surface area contributed by atoms with E-state index >= 15 is 0 Å². The molecule has 0 saturated carbocycles. The number of carboxylic acids is 2. The molecule has 1 saturated heterocycles. The summed E-state index contributed by atoms with van der Waals surface area (Å²) in [7, 11) is 0. The van der Waals surface area contributed by atoms with Crippen molar-refractivity contribution in [3.63, 3.8) is 0 Å². The molecule has 1 fully saturated rings. The Balaban J connectivity index is 0.00000400. The van der Waals surface area contributed by atoms with Gasteiger partial charge < -0.3 is 41.5 Å². The molecular formula is C10H20N2O9. The molecule has 0 spiro atoms. The van der Waals surface area contributed by atoms with Crippen molar-refractivity contribution >= 4 is 11.9 Å². The van der Waals surface area contributed by atoms with Crippen LogP contribution in [0.15, 0.2) is 0 Å². The summed E-state index contributed by atoms with van der Waals surface area (Å²) in [5, 5.41) is 57.8. The summed E-state index contributed by atoms with van der Waals surface area (Å²) >= 11 is 0. The Labute approximate surface area is 119 Å². The quantitative estimate of drug-likeness (QED) is 0.240. The second-order valence-electron chi connectivity index (χ2n) is 4.53. The van der Waals surface area contributed by atoms with Gasteiger partial charge >= 0.3 is 11.9 Å². The number of carbonyl (C=O) groups is 2. The van der Waals surface area contributed by atoms with E-state index in [0.29, 0.717) is 0 Å². The van der Waals surface area contributed by atoms with Crippen LogP contribution in [0.3, 0.4) is 0 Å². The molecule has 5 atom stereocenters.